The molecule has 0 heterocycles. The van der Waals surface area contributed by atoms with Gasteiger partial charge < -0.3 is 0 Å². The van der Waals surface area contributed by atoms with Crippen LogP contribution in [0.2, 0.25) is 5.02 Å². The van der Waals surface area contributed by atoms with Gasteiger partial charge in [0.25, 0.3) is 0 Å². The maximum atomic E-state index is 13.6. The molecule has 0 aromatic heterocycles. The van der Waals surface area contributed by atoms with Crippen molar-refractivity contribution in [1.82, 2.24) is 5.32 Å². The largest absolute Gasteiger partial charge is 0.298 e. The van der Waals surface area contributed by atoms with Gasteiger partial charge in [-0.3, -0.25) is 5.32 Å². The molecule has 1 rings (SSSR count). The van der Waals surface area contributed by atoms with E-state index in [0.29, 0.717) is 0 Å². The fourth-order valence-corrected chi connectivity index (χ4v) is 1.45. The molecule has 88 valence electrons. The number of azide groups is 1. The van der Waals surface area contributed by atoms with Crippen molar-refractivity contribution in [2.24, 2.45) is 5.11 Å². The molecule has 0 spiro atoms. The van der Waals surface area contributed by atoms with E-state index in [9.17, 15) is 4.39 Å². The van der Waals surface area contributed by atoms with Crippen molar-refractivity contribution < 1.29 is 4.39 Å². The zero-order chi connectivity index (χ0) is 12.7. The molecule has 0 saturated carbocycles. The third-order valence-corrected chi connectivity index (χ3v) is 2.34. The molecule has 5 nitrogen and oxygen atoms in total. The molecule has 0 fully saturated rings. The number of hydrogen-bond acceptors (Lipinski definition) is 3. The lowest BCUT2D eigenvalue weighted by Gasteiger charge is -2.12. The SMILES string of the molecule is N#CC(NCCN=[N+]=[N-])c1cccc(Cl)c1F. The Morgan fingerprint density at radius 2 is 2.41 bits per heavy atom. The highest BCUT2D eigenvalue weighted by atomic mass is 35.5. The predicted octanol–water partition coefficient (Wildman–Crippen LogP) is 2.94. The van der Waals surface area contributed by atoms with Gasteiger partial charge in [-0.15, -0.1) is 0 Å². The molecule has 7 heteroatoms. The maximum absolute atomic E-state index is 13.6. The molecule has 0 aliphatic heterocycles. The average Bonchev–Trinajstić information content (AvgIpc) is 2.34. The Labute approximate surface area is 102 Å². The normalized spacial score (nSPS) is 11.4. The average molecular weight is 254 g/mol. The molecule has 0 saturated heterocycles. The lowest BCUT2D eigenvalue weighted by Crippen LogP contribution is -2.23. The standard InChI is InChI=1S/C10H9ClFN5/c11-8-3-1-2-7(10(8)12)9(6-13)15-4-5-16-17-14/h1-3,9,15H,4-5H2. The summed E-state index contributed by atoms with van der Waals surface area (Å²) in [6.45, 7) is 0.477. The molecule has 1 N–H and O–H groups in total. The second-order valence-electron chi connectivity index (χ2n) is 3.11. The van der Waals surface area contributed by atoms with Gasteiger partial charge in [0.1, 0.15) is 11.9 Å². The lowest BCUT2D eigenvalue weighted by atomic mass is 10.1. The molecule has 0 radical (unpaired) electrons. The first-order valence-corrected chi connectivity index (χ1v) is 5.16. The minimum Gasteiger partial charge on any atom is -0.298 e. The first-order chi connectivity index (χ1) is 8.20. The van der Waals surface area contributed by atoms with Crippen molar-refractivity contribution in [3.63, 3.8) is 0 Å². The van der Waals surface area contributed by atoms with Crippen LogP contribution in [0.25, 0.3) is 10.4 Å². The second-order valence-corrected chi connectivity index (χ2v) is 3.52. The minimum atomic E-state index is -0.817. The molecule has 0 bridgehead atoms. The number of halogens is 2. The van der Waals surface area contributed by atoms with Gasteiger partial charge in [-0.05, 0) is 11.6 Å². The molecule has 1 aromatic rings. The zero-order valence-electron chi connectivity index (χ0n) is 8.77. The first kappa shape index (κ1) is 13.3. The van der Waals surface area contributed by atoms with Crippen LogP contribution >= 0.6 is 11.6 Å². The van der Waals surface area contributed by atoms with Gasteiger partial charge in [0.15, 0.2) is 0 Å². The van der Waals surface area contributed by atoms with Gasteiger partial charge in [-0.2, -0.15) is 5.26 Å². The smallest absolute Gasteiger partial charge is 0.147 e. The van der Waals surface area contributed by atoms with E-state index in [-0.39, 0.29) is 23.7 Å². The molecular formula is C10H9ClFN5. The van der Waals surface area contributed by atoms with Crippen LogP contribution in [0.5, 0.6) is 0 Å². The maximum Gasteiger partial charge on any atom is 0.147 e. The van der Waals surface area contributed by atoms with E-state index in [2.05, 4.69) is 15.3 Å². The van der Waals surface area contributed by atoms with Crippen LogP contribution in [0.15, 0.2) is 23.3 Å². The Balaban J connectivity index is 2.77. The summed E-state index contributed by atoms with van der Waals surface area (Å²) in [5, 5.41) is 15.0. The summed E-state index contributed by atoms with van der Waals surface area (Å²) in [5.74, 6) is -0.614. The second kappa shape index (κ2) is 6.71. The summed E-state index contributed by atoms with van der Waals surface area (Å²) < 4.78 is 13.6. The molecular weight excluding hydrogens is 245 g/mol. The van der Waals surface area contributed by atoms with E-state index in [1.165, 1.54) is 12.1 Å². The van der Waals surface area contributed by atoms with Crippen molar-refractivity contribution in [3.05, 3.63) is 45.0 Å². The van der Waals surface area contributed by atoms with Crippen LogP contribution in [-0.4, -0.2) is 13.1 Å². The van der Waals surface area contributed by atoms with Crippen LogP contribution < -0.4 is 5.32 Å². The summed E-state index contributed by atoms with van der Waals surface area (Å²) in [4.78, 5) is 2.57. The predicted molar refractivity (Wildman–Crippen MR) is 61.8 cm³/mol. The highest BCUT2D eigenvalue weighted by Crippen LogP contribution is 2.22. The molecule has 1 aromatic carbocycles. The van der Waals surface area contributed by atoms with E-state index in [0.717, 1.165) is 0 Å². The Bertz CT molecular complexity index is 478. The summed E-state index contributed by atoms with van der Waals surface area (Å²) in [7, 11) is 0. The van der Waals surface area contributed by atoms with Gasteiger partial charge in [-0.25, -0.2) is 4.39 Å². The van der Waals surface area contributed by atoms with Crippen LogP contribution in [0.3, 0.4) is 0 Å². The zero-order valence-corrected chi connectivity index (χ0v) is 9.52. The van der Waals surface area contributed by atoms with E-state index in [4.69, 9.17) is 22.4 Å². The summed E-state index contributed by atoms with van der Waals surface area (Å²) >= 11 is 5.62. The van der Waals surface area contributed by atoms with Gasteiger partial charge >= 0.3 is 0 Å². The quantitative estimate of drug-likeness (QED) is 0.379. The molecule has 1 unspecified atom stereocenters. The third-order valence-electron chi connectivity index (χ3n) is 2.05. The highest BCUT2D eigenvalue weighted by Gasteiger charge is 2.15. The fourth-order valence-electron chi connectivity index (χ4n) is 1.27. The number of nitriles is 1. The number of nitrogens with zero attached hydrogens (tertiary/aromatic N) is 4. The van der Waals surface area contributed by atoms with Crippen molar-refractivity contribution >= 4 is 11.6 Å². The molecule has 0 aliphatic rings. The van der Waals surface area contributed by atoms with Crippen LogP contribution in [0.4, 0.5) is 4.39 Å². The van der Waals surface area contributed by atoms with Gasteiger partial charge in [0.2, 0.25) is 0 Å². The summed E-state index contributed by atoms with van der Waals surface area (Å²) in [6, 6.07) is 5.56. The first-order valence-electron chi connectivity index (χ1n) is 4.78. The molecule has 1 atom stereocenters. The van der Waals surface area contributed by atoms with Gasteiger partial charge in [0, 0.05) is 23.6 Å². The Kier molecular flexibility index (Phi) is 5.24. The number of hydrogen-bond donors (Lipinski definition) is 1. The Morgan fingerprint density at radius 3 is 3.06 bits per heavy atom. The van der Waals surface area contributed by atoms with Gasteiger partial charge in [-0.1, -0.05) is 28.8 Å². The van der Waals surface area contributed by atoms with E-state index < -0.39 is 11.9 Å². The van der Waals surface area contributed by atoms with Gasteiger partial charge in [0.05, 0.1) is 11.1 Å². The van der Waals surface area contributed by atoms with Crippen LogP contribution in [0, 0.1) is 17.1 Å². The number of benzene rings is 1. The number of rotatable bonds is 5. The molecule has 0 aliphatic carbocycles. The third kappa shape index (κ3) is 3.61. The monoisotopic (exact) mass is 253 g/mol. The van der Waals surface area contributed by atoms with Crippen molar-refractivity contribution in [2.45, 2.75) is 6.04 Å². The Morgan fingerprint density at radius 1 is 1.65 bits per heavy atom. The van der Waals surface area contributed by atoms with Crippen LogP contribution in [0.1, 0.15) is 11.6 Å². The van der Waals surface area contributed by atoms with Crippen LogP contribution in [-0.2, 0) is 0 Å². The number of nitrogens with one attached hydrogen (secondary N) is 1. The molecule has 0 amide bonds. The fraction of sp³-hybridized carbons (Fsp3) is 0.300. The minimum absolute atomic E-state index is 0.0282. The lowest BCUT2D eigenvalue weighted by molar-refractivity contribution is 0.565. The summed E-state index contributed by atoms with van der Waals surface area (Å²) in [6.07, 6.45) is 0. The van der Waals surface area contributed by atoms with E-state index in [1.807, 2.05) is 6.07 Å². The Hall–Kier alpha value is -1.80. The highest BCUT2D eigenvalue weighted by molar-refractivity contribution is 6.30. The summed E-state index contributed by atoms with van der Waals surface area (Å²) in [5.41, 5.74) is 8.26. The topological polar surface area (TPSA) is 84.6 Å². The van der Waals surface area contributed by atoms with Crippen molar-refractivity contribution in [1.29, 1.82) is 5.26 Å². The van der Waals surface area contributed by atoms with Crippen molar-refractivity contribution in [3.8, 4) is 6.07 Å². The molecule has 17 heavy (non-hydrogen) atoms. The van der Waals surface area contributed by atoms with E-state index in [1.54, 1.807) is 6.07 Å². The van der Waals surface area contributed by atoms with E-state index >= 15 is 0 Å². The van der Waals surface area contributed by atoms with Crippen molar-refractivity contribution in [2.75, 3.05) is 13.1 Å².